The van der Waals surface area contributed by atoms with Crippen molar-refractivity contribution < 1.29 is 0 Å². The topological polar surface area (TPSA) is 38.0 Å². The minimum Gasteiger partial charge on any atom is -0.355 e. The first-order chi connectivity index (χ1) is 19.8. The maximum Gasteiger partial charge on any atom is 0.0470 e. The van der Waals surface area contributed by atoms with E-state index >= 15 is 0 Å². The molecular weight excluding hydrogens is 504 g/mol. The molecule has 1 heterocycles. The van der Waals surface area contributed by atoms with Crippen molar-refractivity contribution >= 4 is 42.9 Å². The van der Waals surface area contributed by atoms with Crippen LogP contribution in [0.2, 0.25) is 0 Å². The summed E-state index contributed by atoms with van der Waals surface area (Å²) in [6.45, 7) is 0.514. The summed E-state index contributed by atoms with van der Waals surface area (Å²) >= 11 is 1.89. The molecule has 0 spiro atoms. The van der Waals surface area contributed by atoms with Gasteiger partial charge >= 0.3 is 0 Å². The van der Waals surface area contributed by atoms with E-state index in [1.165, 1.54) is 48.0 Å². The number of hydrogen-bond donors (Lipinski definition) is 2. The van der Waals surface area contributed by atoms with E-state index in [-0.39, 0.29) is 0 Å². The normalized spacial score (nSPS) is 11.2. The Balaban J connectivity index is 1.40. The number of anilines is 2. The quantitative estimate of drug-likeness (QED) is 0.224. The number of fused-ring (bicyclic) bond motifs is 3. The number of rotatable bonds is 6. The van der Waals surface area contributed by atoms with Crippen LogP contribution in [0.1, 0.15) is 5.56 Å². The van der Waals surface area contributed by atoms with Crippen molar-refractivity contribution in [1.82, 2.24) is 0 Å². The van der Waals surface area contributed by atoms with Gasteiger partial charge in [-0.2, -0.15) is 0 Å². The van der Waals surface area contributed by atoms with Gasteiger partial charge in [-0.25, -0.2) is 0 Å². The number of hydrogen-bond acceptors (Lipinski definition) is 3. The molecule has 0 aliphatic carbocycles. The van der Waals surface area contributed by atoms with Gasteiger partial charge in [0, 0.05) is 43.7 Å². The SMILES string of the molecule is NCc1cccc(Nc2cc(-c3cccc4c3sc3c(-c5ccccc5)cccc34)ccc2-c2ccccc2)c1. The maximum absolute atomic E-state index is 5.94. The molecule has 0 aliphatic rings. The molecule has 2 nitrogen and oxygen atoms in total. The molecule has 3 heteroatoms. The largest absolute Gasteiger partial charge is 0.355 e. The van der Waals surface area contributed by atoms with Gasteiger partial charge < -0.3 is 11.1 Å². The van der Waals surface area contributed by atoms with Crippen LogP contribution in [0.15, 0.2) is 140 Å². The lowest BCUT2D eigenvalue weighted by Crippen LogP contribution is -1.98. The van der Waals surface area contributed by atoms with Crippen LogP contribution in [0.5, 0.6) is 0 Å². The summed E-state index contributed by atoms with van der Waals surface area (Å²) in [5.74, 6) is 0. The average Bonchev–Trinajstić information content (AvgIpc) is 3.41. The summed E-state index contributed by atoms with van der Waals surface area (Å²) < 4.78 is 2.64. The van der Waals surface area contributed by atoms with Crippen LogP contribution in [0.25, 0.3) is 53.6 Å². The molecule has 3 N–H and O–H groups in total. The van der Waals surface area contributed by atoms with Crippen molar-refractivity contribution in [2.24, 2.45) is 5.73 Å². The number of nitrogens with two attached hydrogens (primary N) is 1. The van der Waals surface area contributed by atoms with Crippen molar-refractivity contribution in [1.29, 1.82) is 0 Å². The van der Waals surface area contributed by atoms with Gasteiger partial charge in [0.1, 0.15) is 0 Å². The van der Waals surface area contributed by atoms with Gasteiger partial charge in [-0.15, -0.1) is 11.3 Å². The minimum atomic E-state index is 0.514. The zero-order valence-corrected chi connectivity index (χ0v) is 22.8. The Morgan fingerprint density at radius 3 is 1.75 bits per heavy atom. The highest BCUT2D eigenvalue weighted by Crippen LogP contribution is 2.44. The highest BCUT2D eigenvalue weighted by atomic mass is 32.1. The van der Waals surface area contributed by atoms with Gasteiger partial charge in [0.05, 0.1) is 0 Å². The predicted octanol–water partition coefficient (Wildman–Crippen LogP) is 10.3. The fourth-order valence-corrected chi connectivity index (χ4v) is 6.88. The van der Waals surface area contributed by atoms with E-state index in [2.05, 4.69) is 145 Å². The molecule has 0 unspecified atom stereocenters. The molecule has 1 aromatic heterocycles. The summed E-state index contributed by atoms with van der Waals surface area (Å²) in [4.78, 5) is 0. The maximum atomic E-state index is 5.94. The summed E-state index contributed by atoms with van der Waals surface area (Å²) in [6.07, 6.45) is 0. The minimum absolute atomic E-state index is 0.514. The van der Waals surface area contributed by atoms with E-state index in [1.54, 1.807) is 0 Å². The molecule has 40 heavy (non-hydrogen) atoms. The summed E-state index contributed by atoms with van der Waals surface area (Å²) in [6, 6.07) is 49.7. The first-order valence-corrected chi connectivity index (χ1v) is 14.4. The van der Waals surface area contributed by atoms with Crippen molar-refractivity contribution in [3.63, 3.8) is 0 Å². The molecule has 0 aliphatic heterocycles. The standard InChI is InChI=1S/C37H28N2S/c38-24-25-10-7-15-29(22-25)39-35-23-28(20-21-30(35)26-11-3-1-4-12-26)32-17-9-19-34-33-18-8-16-31(36(33)40-37(32)34)27-13-5-2-6-14-27/h1-23,39H,24,38H2. The summed E-state index contributed by atoms with van der Waals surface area (Å²) in [5, 5.41) is 6.31. The van der Waals surface area contributed by atoms with Crippen LogP contribution in [-0.2, 0) is 6.54 Å². The van der Waals surface area contributed by atoms with Crippen molar-refractivity contribution in [2.45, 2.75) is 6.54 Å². The van der Waals surface area contributed by atoms with E-state index < -0.39 is 0 Å². The van der Waals surface area contributed by atoms with Gasteiger partial charge in [0.25, 0.3) is 0 Å². The Kier molecular flexibility index (Phi) is 6.37. The molecule has 0 amide bonds. The molecule has 0 bridgehead atoms. The molecule has 7 rings (SSSR count). The first kappa shape index (κ1) is 24.3. The van der Waals surface area contributed by atoms with Crippen molar-refractivity contribution in [3.8, 4) is 33.4 Å². The van der Waals surface area contributed by atoms with Crippen LogP contribution in [0.4, 0.5) is 11.4 Å². The molecule has 7 aromatic rings. The van der Waals surface area contributed by atoms with Crippen LogP contribution >= 0.6 is 11.3 Å². The predicted molar refractivity (Wildman–Crippen MR) is 173 cm³/mol. The van der Waals surface area contributed by atoms with Crippen molar-refractivity contribution in [3.05, 3.63) is 145 Å². The second kappa shape index (κ2) is 10.5. The highest BCUT2D eigenvalue weighted by Gasteiger charge is 2.15. The molecule has 0 saturated carbocycles. The molecular formula is C37H28N2S. The fraction of sp³-hybridized carbons (Fsp3) is 0.0270. The van der Waals surface area contributed by atoms with Gasteiger partial charge in [-0.05, 0) is 51.6 Å². The number of thiophene rings is 1. The molecule has 0 fully saturated rings. The Hall–Kier alpha value is -4.70. The smallest absolute Gasteiger partial charge is 0.0470 e. The van der Waals surface area contributed by atoms with E-state index in [4.69, 9.17) is 5.73 Å². The van der Waals surface area contributed by atoms with E-state index in [9.17, 15) is 0 Å². The zero-order chi connectivity index (χ0) is 26.9. The second-order valence-corrected chi connectivity index (χ2v) is 11.0. The van der Waals surface area contributed by atoms with Crippen molar-refractivity contribution in [2.75, 3.05) is 5.32 Å². The van der Waals surface area contributed by atoms with Gasteiger partial charge in [0.15, 0.2) is 0 Å². The van der Waals surface area contributed by atoms with Gasteiger partial charge in [0.2, 0.25) is 0 Å². The highest BCUT2D eigenvalue weighted by molar-refractivity contribution is 7.26. The van der Waals surface area contributed by atoms with Crippen LogP contribution < -0.4 is 11.1 Å². The van der Waals surface area contributed by atoms with Gasteiger partial charge in [-0.1, -0.05) is 121 Å². The Bertz CT molecular complexity index is 1960. The number of nitrogens with one attached hydrogen (secondary N) is 1. The Morgan fingerprint density at radius 2 is 1.10 bits per heavy atom. The van der Waals surface area contributed by atoms with E-state index in [1.807, 2.05) is 11.3 Å². The third kappa shape index (κ3) is 4.46. The first-order valence-electron chi connectivity index (χ1n) is 13.5. The molecule has 0 atom stereocenters. The lowest BCUT2D eigenvalue weighted by molar-refractivity contribution is 1.07. The molecule has 0 saturated heterocycles. The lowest BCUT2D eigenvalue weighted by Gasteiger charge is -2.16. The van der Waals surface area contributed by atoms with Crippen LogP contribution in [-0.4, -0.2) is 0 Å². The summed E-state index contributed by atoms with van der Waals surface area (Å²) in [7, 11) is 0. The van der Waals surface area contributed by atoms with Crippen LogP contribution in [0, 0.1) is 0 Å². The Labute approximate surface area is 238 Å². The van der Waals surface area contributed by atoms with E-state index in [0.717, 1.165) is 22.5 Å². The van der Waals surface area contributed by atoms with E-state index in [0.29, 0.717) is 6.54 Å². The second-order valence-electron chi connectivity index (χ2n) is 9.99. The fourth-order valence-electron chi connectivity index (χ4n) is 5.51. The summed E-state index contributed by atoms with van der Waals surface area (Å²) in [5.41, 5.74) is 16.5. The number of benzene rings is 6. The lowest BCUT2D eigenvalue weighted by atomic mass is 9.96. The average molecular weight is 533 g/mol. The van der Waals surface area contributed by atoms with Crippen LogP contribution in [0.3, 0.4) is 0 Å². The third-order valence-electron chi connectivity index (χ3n) is 7.47. The van der Waals surface area contributed by atoms with Gasteiger partial charge in [-0.3, -0.25) is 0 Å². The monoisotopic (exact) mass is 532 g/mol. The zero-order valence-electron chi connectivity index (χ0n) is 22.0. The molecule has 0 radical (unpaired) electrons. The third-order valence-corrected chi connectivity index (χ3v) is 8.75. The molecule has 192 valence electrons. The molecule has 6 aromatic carbocycles. The Morgan fingerprint density at radius 1 is 0.500 bits per heavy atom.